The normalized spacial score (nSPS) is 17.0. The van der Waals surface area contributed by atoms with Crippen LogP contribution in [0.5, 0.6) is 11.5 Å². The van der Waals surface area contributed by atoms with Gasteiger partial charge < -0.3 is 9.47 Å². The summed E-state index contributed by atoms with van der Waals surface area (Å²) in [6.07, 6.45) is 1.68. The van der Waals surface area contributed by atoms with Crippen LogP contribution < -0.4 is 9.47 Å². The van der Waals surface area contributed by atoms with E-state index in [9.17, 15) is 16.8 Å². The van der Waals surface area contributed by atoms with Crippen LogP contribution in [0.4, 0.5) is 0 Å². The first-order valence-electron chi connectivity index (χ1n) is 9.12. The molecule has 0 saturated carbocycles. The Labute approximate surface area is 168 Å². The third kappa shape index (κ3) is 4.77. The highest BCUT2D eigenvalue weighted by molar-refractivity contribution is 7.89. The van der Waals surface area contributed by atoms with E-state index in [1.807, 2.05) is 6.92 Å². The molecular weight excluding hydrogens is 406 g/mol. The quantitative estimate of drug-likeness (QED) is 0.574. The van der Waals surface area contributed by atoms with Crippen molar-refractivity contribution in [1.29, 1.82) is 0 Å². The van der Waals surface area contributed by atoms with Crippen LogP contribution in [0.3, 0.4) is 0 Å². The molecule has 1 heterocycles. The molecule has 28 heavy (non-hydrogen) atoms. The number of methoxy groups -OCH3 is 2. The van der Waals surface area contributed by atoms with Crippen LogP contribution in [-0.2, 0) is 20.2 Å². The van der Waals surface area contributed by atoms with E-state index in [1.165, 1.54) is 45.3 Å². The van der Waals surface area contributed by atoms with E-state index in [0.717, 1.165) is 12.8 Å². The van der Waals surface area contributed by atoms with Crippen molar-refractivity contribution in [2.24, 2.45) is 0 Å². The smallest absolute Gasteiger partial charge is 0.281 e. The zero-order valence-corrected chi connectivity index (χ0v) is 18.4. The Bertz CT molecular complexity index is 865. The molecule has 0 radical (unpaired) electrons. The maximum atomic E-state index is 12.9. The number of hydrogen-bond donors (Lipinski definition) is 0. The lowest BCUT2D eigenvalue weighted by Crippen LogP contribution is -2.53. The Morgan fingerprint density at radius 2 is 1.54 bits per heavy atom. The van der Waals surface area contributed by atoms with Crippen LogP contribution in [0, 0.1) is 0 Å². The zero-order valence-electron chi connectivity index (χ0n) is 16.8. The van der Waals surface area contributed by atoms with Crippen molar-refractivity contribution in [2.45, 2.75) is 24.7 Å². The number of benzene rings is 1. The number of hydrogen-bond acceptors (Lipinski definition) is 6. The van der Waals surface area contributed by atoms with Gasteiger partial charge in [0.15, 0.2) is 11.5 Å². The van der Waals surface area contributed by atoms with Crippen molar-refractivity contribution in [2.75, 3.05) is 54.0 Å². The molecule has 11 heteroatoms. The maximum Gasteiger partial charge on any atom is 0.281 e. The van der Waals surface area contributed by atoms with E-state index in [1.54, 1.807) is 7.05 Å². The summed E-state index contributed by atoms with van der Waals surface area (Å²) in [6, 6.07) is 4.41. The third-order valence-corrected chi connectivity index (χ3v) is 8.62. The van der Waals surface area contributed by atoms with Gasteiger partial charge in [-0.25, -0.2) is 8.42 Å². The summed E-state index contributed by atoms with van der Waals surface area (Å²) in [7, 11) is -2.87. The number of sulfonamides is 1. The lowest BCUT2D eigenvalue weighted by Gasteiger charge is -2.35. The van der Waals surface area contributed by atoms with Crippen molar-refractivity contribution >= 4 is 20.2 Å². The molecular formula is C17H29N3O6S2. The van der Waals surface area contributed by atoms with E-state index >= 15 is 0 Å². The van der Waals surface area contributed by atoms with Crippen LogP contribution in [0.1, 0.15) is 19.8 Å². The van der Waals surface area contributed by atoms with Crippen molar-refractivity contribution in [3.8, 4) is 11.5 Å². The highest BCUT2D eigenvalue weighted by atomic mass is 32.2. The zero-order chi connectivity index (χ0) is 20.9. The number of nitrogens with zero attached hydrogens (tertiary/aromatic N) is 3. The van der Waals surface area contributed by atoms with Gasteiger partial charge in [0.05, 0.1) is 19.1 Å². The minimum absolute atomic E-state index is 0.0847. The summed E-state index contributed by atoms with van der Waals surface area (Å²) in [4.78, 5) is 0.0847. The Balaban J connectivity index is 2.12. The van der Waals surface area contributed by atoms with Crippen LogP contribution in [0.25, 0.3) is 0 Å². The molecule has 0 spiro atoms. The predicted molar refractivity (Wildman–Crippen MR) is 106 cm³/mol. The monoisotopic (exact) mass is 435 g/mol. The van der Waals surface area contributed by atoms with E-state index in [4.69, 9.17) is 9.47 Å². The van der Waals surface area contributed by atoms with Gasteiger partial charge in [-0.2, -0.15) is 21.3 Å². The Morgan fingerprint density at radius 1 is 0.964 bits per heavy atom. The van der Waals surface area contributed by atoms with Gasteiger partial charge in [-0.3, -0.25) is 0 Å². The molecule has 0 amide bonds. The van der Waals surface area contributed by atoms with Gasteiger partial charge in [0.25, 0.3) is 10.2 Å². The van der Waals surface area contributed by atoms with Gasteiger partial charge in [-0.1, -0.05) is 13.3 Å². The second kappa shape index (κ2) is 9.40. The molecule has 1 aromatic carbocycles. The minimum atomic E-state index is -3.76. The number of ether oxygens (including phenoxy) is 2. The van der Waals surface area contributed by atoms with Crippen LogP contribution in [0.15, 0.2) is 23.1 Å². The third-order valence-electron chi connectivity index (χ3n) is 4.74. The molecule has 0 N–H and O–H groups in total. The Morgan fingerprint density at radius 3 is 2.07 bits per heavy atom. The molecule has 0 bridgehead atoms. The number of rotatable bonds is 9. The van der Waals surface area contributed by atoms with E-state index in [-0.39, 0.29) is 31.1 Å². The summed E-state index contributed by atoms with van der Waals surface area (Å²) >= 11 is 0. The Kier molecular flexibility index (Phi) is 7.68. The summed E-state index contributed by atoms with van der Waals surface area (Å²) in [5, 5.41) is 0. The highest BCUT2D eigenvalue weighted by Crippen LogP contribution is 2.31. The molecule has 0 unspecified atom stereocenters. The predicted octanol–water partition coefficient (Wildman–Crippen LogP) is 0.987. The number of unbranched alkanes of at least 4 members (excludes halogenated alkanes) is 1. The second-order valence-corrected chi connectivity index (χ2v) is 10.5. The summed E-state index contributed by atoms with van der Waals surface area (Å²) in [5.74, 6) is 0.759. The van der Waals surface area contributed by atoms with Crippen molar-refractivity contribution in [3.63, 3.8) is 0 Å². The highest BCUT2D eigenvalue weighted by Gasteiger charge is 2.34. The lowest BCUT2D eigenvalue weighted by molar-refractivity contribution is 0.258. The number of piperazine rings is 1. The summed E-state index contributed by atoms with van der Waals surface area (Å²) in [5.41, 5.74) is 0. The van der Waals surface area contributed by atoms with Gasteiger partial charge in [0.2, 0.25) is 10.0 Å². The van der Waals surface area contributed by atoms with Gasteiger partial charge in [0.1, 0.15) is 0 Å². The van der Waals surface area contributed by atoms with Crippen molar-refractivity contribution in [1.82, 2.24) is 12.9 Å². The fraction of sp³-hybridized carbons (Fsp3) is 0.647. The standard InChI is InChI=1S/C17H29N3O6S2/c1-5-6-9-18(2)28(23,24)20-12-10-19(11-13-20)27(21,22)15-7-8-16(25-3)17(14-15)26-4/h7-8,14H,5-6,9-13H2,1-4H3. The molecule has 1 saturated heterocycles. The van der Waals surface area contributed by atoms with Crippen molar-refractivity contribution in [3.05, 3.63) is 18.2 Å². The Hall–Kier alpha value is -1.40. The van der Waals surface area contributed by atoms with E-state index in [0.29, 0.717) is 18.0 Å². The van der Waals surface area contributed by atoms with Gasteiger partial charge >= 0.3 is 0 Å². The van der Waals surface area contributed by atoms with E-state index < -0.39 is 20.2 Å². The van der Waals surface area contributed by atoms with Gasteiger partial charge in [-0.15, -0.1) is 0 Å². The average Bonchev–Trinajstić information content (AvgIpc) is 2.71. The molecule has 0 aliphatic carbocycles. The molecule has 0 atom stereocenters. The summed E-state index contributed by atoms with van der Waals surface area (Å²) < 4.78 is 65.4. The molecule has 9 nitrogen and oxygen atoms in total. The molecule has 1 aromatic rings. The molecule has 160 valence electrons. The average molecular weight is 436 g/mol. The van der Waals surface area contributed by atoms with E-state index in [2.05, 4.69) is 0 Å². The first-order valence-corrected chi connectivity index (χ1v) is 12.0. The molecule has 1 aliphatic rings. The van der Waals surface area contributed by atoms with Gasteiger partial charge in [0, 0.05) is 45.8 Å². The van der Waals surface area contributed by atoms with Gasteiger partial charge in [-0.05, 0) is 18.6 Å². The SMILES string of the molecule is CCCCN(C)S(=O)(=O)N1CCN(S(=O)(=O)c2ccc(OC)c(OC)c2)CC1. The van der Waals surface area contributed by atoms with Crippen LogP contribution >= 0.6 is 0 Å². The molecule has 1 aliphatic heterocycles. The first-order chi connectivity index (χ1) is 13.2. The fourth-order valence-electron chi connectivity index (χ4n) is 2.96. The second-order valence-electron chi connectivity index (χ2n) is 6.50. The van der Waals surface area contributed by atoms with Crippen LogP contribution in [-0.4, -0.2) is 83.7 Å². The lowest BCUT2D eigenvalue weighted by atomic mass is 10.3. The van der Waals surface area contributed by atoms with Crippen molar-refractivity contribution < 1.29 is 26.3 Å². The van der Waals surface area contributed by atoms with Crippen LogP contribution in [0.2, 0.25) is 0 Å². The molecule has 1 fully saturated rings. The summed E-state index contributed by atoms with van der Waals surface area (Å²) in [6.45, 7) is 2.87. The minimum Gasteiger partial charge on any atom is -0.493 e. The molecule has 2 rings (SSSR count). The molecule has 0 aromatic heterocycles. The topological polar surface area (TPSA) is 96.5 Å². The largest absolute Gasteiger partial charge is 0.493 e. The fourth-order valence-corrected chi connectivity index (χ4v) is 5.78. The maximum absolute atomic E-state index is 12.9. The first kappa shape index (κ1) is 22.9.